The van der Waals surface area contributed by atoms with E-state index in [9.17, 15) is 4.79 Å². The first kappa shape index (κ1) is 17.5. The number of unbranched alkanes of at least 4 members (excludes halogenated alkanes) is 2. The summed E-state index contributed by atoms with van der Waals surface area (Å²) in [4.78, 5) is 12.0. The Hall–Kier alpha value is -1.29. The van der Waals surface area contributed by atoms with Crippen molar-refractivity contribution in [1.29, 1.82) is 0 Å². The highest BCUT2D eigenvalue weighted by Crippen LogP contribution is 2.30. The second kappa shape index (κ2) is 8.70. The van der Waals surface area contributed by atoms with E-state index >= 15 is 0 Å². The first-order chi connectivity index (χ1) is 11.8. The number of alkyl halides is 1. The topological polar surface area (TPSA) is 33.5 Å². The van der Waals surface area contributed by atoms with Crippen LogP contribution in [-0.2, 0) is 24.1 Å². The van der Waals surface area contributed by atoms with E-state index < -0.39 is 0 Å². The first-order valence-corrected chi connectivity index (χ1v) is 10.4. The molecule has 1 aliphatic rings. The van der Waals surface area contributed by atoms with Gasteiger partial charge in [0, 0.05) is 35.7 Å². The van der Waals surface area contributed by atoms with Gasteiger partial charge in [-0.05, 0) is 68.2 Å². The number of halogens is 1. The lowest BCUT2D eigenvalue weighted by Gasteiger charge is -2.13. The van der Waals surface area contributed by atoms with Crippen molar-refractivity contribution in [1.82, 2.24) is 9.72 Å². The summed E-state index contributed by atoms with van der Waals surface area (Å²) in [6.07, 6.45) is 12.0. The number of pyridine rings is 1. The molecule has 0 bridgehead atoms. The van der Waals surface area contributed by atoms with Gasteiger partial charge in [0.2, 0.25) is 5.91 Å². The molecule has 0 fully saturated rings. The number of amides is 1. The van der Waals surface area contributed by atoms with Crippen molar-refractivity contribution in [3.05, 3.63) is 41.2 Å². The van der Waals surface area contributed by atoms with Crippen LogP contribution in [0.4, 0.5) is 0 Å². The molecule has 1 aliphatic carbocycles. The van der Waals surface area contributed by atoms with Gasteiger partial charge < -0.3 is 9.72 Å². The van der Waals surface area contributed by atoms with Gasteiger partial charge in [0.25, 0.3) is 0 Å². The summed E-state index contributed by atoms with van der Waals surface area (Å²) in [6.45, 7) is 0.748. The number of carbonyl (C=O) groups is 1. The van der Waals surface area contributed by atoms with E-state index in [1.54, 1.807) is 5.56 Å². The van der Waals surface area contributed by atoms with Crippen LogP contribution in [0.25, 0.3) is 5.52 Å². The van der Waals surface area contributed by atoms with Gasteiger partial charge >= 0.3 is 0 Å². The summed E-state index contributed by atoms with van der Waals surface area (Å²) in [6, 6.07) is 6.45. The monoisotopic (exact) mass is 390 g/mol. The van der Waals surface area contributed by atoms with Crippen molar-refractivity contribution in [2.24, 2.45) is 0 Å². The number of nitrogens with one attached hydrogen (secondary N) is 1. The predicted molar refractivity (Wildman–Crippen MR) is 103 cm³/mol. The van der Waals surface area contributed by atoms with E-state index in [4.69, 9.17) is 0 Å². The van der Waals surface area contributed by atoms with Crippen molar-refractivity contribution >= 4 is 27.4 Å². The van der Waals surface area contributed by atoms with E-state index in [0.29, 0.717) is 6.42 Å². The minimum Gasteiger partial charge on any atom is -0.356 e. The Morgan fingerprint density at radius 3 is 2.92 bits per heavy atom. The Morgan fingerprint density at radius 1 is 1.17 bits per heavy atom. The van der Waals surface area contributed by atoms with Gasteiger partial charge in [-0.15, -0.1) is 0 Å². The predicted octanol–water partition coefficient (Wildman–Crippen LogP) is 4.43. The summed E-state index contributed by atoms with van der Waals surface area (Å²) in [5.41, 5.74) is 5.81. The Kier molecular flexibility index (Phi) is 6.36. The van der Waals surface area contributed by atoms with Crippen LogP contribution in [0.1, 0.15) is 55.3 Å². The normalized spacial score (nSPS) is 13.9. The van der Waals surface area contributed by atoms with E-state index in [1.807, 2.05) is 0 Å². The van der Waals surface area contributed by atoms with Crippen LogP contribution in [0, 0.1) is 0 Å². The van der Waals surface area contributed by atoms with Crippen LogP contribution in [0.5, 0.6) is 0 Å². The van der Waals surface area contributed by atoms with Crippen molar-refractivity contribution in [3.63, 3.8) is 0 Å². The van der Waals surface area contributed by atoms with Crippen LogP contribution in [0.3, 0.4) is 0 Å². The zero-order chi connectivity index (χ0) is 16.8. The number of carbonyl (C=O) groups excluding carboxylic acids is 1. The van der Waals surface area contributed by atoms with Crippen LogP contribution in [-0.4, -0.2) is 22.2 Å². The number of hydrogen-bond donors (Lipinski definition) is 1. The molecule has 0 unspecified atom stereocenters. The highest BCUT2D eigenvalue weighted by Gasteiger charge is 2.20. The molecule has 24 heavy (non-hydrogen) atoms. The molecule has 0 atom stereocenters. The summed E-state index contributed by atoms with van der Waals surface area (Å²) in [5, 5.41) is 4.14. The van der Waals surface area contributed by atoms with Crippen molar-refractivity contribution in [3.8, 4) is 0 Å². The summed E-state index contributed by atoms with van der Waals surface area (Å²) in [7, 11) is 0. The van der Waals surface area contributed by atoms with E-state index in [2.05, 4.69) is 50.0 Å². The minimum atomic E-state index is 0.196. The first-order valence-electron chi connectivity index (χ1n) is 9.23. The van der Waals surface area contributed by atoms with Crippen LogP contribution < -0.4 is 5.32 Å². The van der Waals surface area contributed by atoms with E-state index in [1.165, 1.54) is 42.5 Å². The molecule has 0 saturated carbocycles. The molecule has 0 aliphatic heterocycles. The molecule has 0 radical (unpaired) electrons. The fourth-order valence-corrected chi connectivity index (χ4v) is 4.21. The molecule has 3 rings (SSSR count). The van der Waals surface area contributed by atoms with E-state index in [-0.39, 0.29) is 5.91 Å². The third-order valence-corrected chi connectivity index (χ3v) is 5.56. The lowest BCUT2D eigenvalue weighted by atomic mass is 9.93. The molecular formula is C20H27BrN2O. The van der Waals surface area contributed by atoms with Gasteiger partial charge in [-0.3, -0.25) is 4.79 Å². The highest BCUT2D eigenvalue weighted by atomic mass is 79.9. The number of nitrogens with zero attached hydrogens (tertiary/aromatic N) is 1. The number of hydrogen-bond acceptors (Lipinski definition) is 1. The molecule has 0 saturated heterocycles. The molecule has 2 aromatic heterocycles. The minimum absolute atomic E-state index is 0.196. The van der Waals surface area contributed by atoms with Crippen molar-refractivity contribution < 1.29 is 4.79 Å². The number of aromatic nitrogens is 1. The average Bonchev–Trinajstić information content (AvgIpc) is 2.93. The maximum Gasteiger partial charge on any atom is 0.220 e. The van der Waals surface area contributed by atoms with Crippen molar-refractivity contribution in [2.75, 3.05) is 11.9 Å². The lowest BCUT2D eigenvalue weighted by molar-refractivity contribution is -0.121. The smallest absolute Gasteiger partial charge is 0.220 e. The molecule has 4 heteroatoms. The molecule has 0 aromatic carbocycles. The number of rotatable bonds is 8. The average molecular weight is 391 g/mol. The molecule has 1 amide bonds. The third-order valence-electron chi connectivity index (χ3n) is 5.00. The van der Waals surface area contributed by atoms with Crippen molar-refractivity contribution in [2.45, 2.75) is 57.8 Å². The SMILES string of the molecule is O=C(CCCCCBr)NCCc1c2c(n3ccccc13)CCCC2. The highest BCUT2D eigenvalue weighted by molar-refractivity contribution is 9.09. The fraction of sp³-hybridized carbons (Fsp3) is 0.550. The van der Waals surface area contributed by atoms with Gasteiger partial charge in [0.1, 0.15) is 0 Å². The molecule has 1 N–H and O–H groups in total. The molecule has 2 aromatic rings. The van der Waals surface area contributed by atoms with Gasteiger partial charge in [-0.2, -0.15) is 0 Å². The van der Waals surface area contributed by atoms with Crippen LogP contribution in [0.2, 0.25) is 0 Å². The van der Waals surface area contributed by atoms with Crippen LogP contribution in [0.15, 0.2) is 24.4 Å². The Bertz CT molecular complexity index is 692. The maximum atomic E-state index is 12.0. The van der Waals surface area contributed by atoms with Gasteiger partial charge in [-0.1, -0.05) is 28.4 Å². The third kappa shape index (κ3) is 4.02. The Morgan fingerprint density at radius 2 is 2.04 bits per heavy atom. The number of aryl methyl sites for hydroxylation is 1. The molecule has 2 heterocycles. The standard InChI is InChI=1S/C20H27BrN2O/c21-13-6-1-2-11-20(24)22-14-12-17-16-8-3-4-9-18(16)23-15-7-5-10-19(17)23/h5,7,10,15H,1-4,6,8-9,11-14H2,(H,22,24). The summed E-state index contributed by atoms with van der Waals surface area (Å²) in [5.74, 6) is 0.196. The molecule has 130 valence electrons. The van der Waals surface area contributed by atoms with Gasteiger partial charge in [0.15, 0.2) is 0 Å². The summed E-state index contributed by atoms with van der Waals surface area (Å²) >= 11 is 3.43. The zero-order valence-electron chi connectivity index (χ0n) is 14.3. The fourth-order valence-electron chi connectivity index (χ4n) is 3.81. The Balaban J connectivity index is 1.60. The van der Waals surface area contributed by atoms with E-state index in [0.717, 1.165) is 37.6 Å². The molecule has 3 nitrogen and oxygen atoms in total. The quantitative estimate of drug-likeness (QED) is 0.524. The molecule has 0 spiro atoms. The molecular weight excluding hydrogens is 364 g/mol. The second-order valence-electron chi connectivity index (χ2n) is 6.67. The second-order valence-corrected chi connectivity index (χ2v) is 7.46. The number of fused-ring (bicyclic) bond motifs is 3. The van der Waals surface area contributed by atoms with Gasteiger partial charge in [-0.25, -0.2) is 0 Å². The van der Waals surface area contributed by atoms with Crippen LogP contribution >= 0.6 is 15.9 Å². The maximum absolute atomic E-state index is 12.0. The lowest BCUT2D eigenvalue weighted by Crippen LogP contribution is -2.25. The zero-order valence-corrected chi connectivity index (χ0v) is 15.9. The largest absolute Gasteiger partial charge is 0.356 e. The Labute approximate surface area is 153 Å². The summed E-state index contributed by atoms with van der Waals surface area (Å²) < 4.78 is 2.37. The van der Waals surface area contributed by atoms with Gasteiger partial charge in [0.05, 0.1) is 0 Å².